The summed E-state index contributed by atoms with van der Waals surface area (Å²) in [4.78, 5) is 72.3. The number of ether oxygens (including phenoxy) is 2. The molecular formula is C21H29FN4O15. The van der Waals surface area contributed by atoms with Crippen molar-refractivity contribution in [3.8, 4) is 0 Å². The molecule has 2 unspecified atom stereocenters. The Morgan fingerprint density at radius 2 is 1.85 bits per heavy atom. The smallest absolute Gasteiger partial charge is 0.364 e. The number of aliphatic hydroxyl groups is 5. The molecule has 0 spiro atoms. The van der Waals surface area contributed by atoms with Crippen molar-refractivity contribution in [1.82, 2.24) is 20.2 Å². The predicted molar refractivity (Wildman–Crippen MR) is 125 cm³/mol. The second kappa shape index (κ2) is 13.7. The summed E-state index contributed by atoms with van der Waals surface area (Å²) in [6, 6.07) is -3.69. The van der Waals surface area contributed by atoms with Crippen LogP contribution in [0.15, 0.2) is 15.8 Å². The fourth-order valence-corrected chi connectivity index (χ4v) is 3.92. The van der Waals surface area contributed by atoms with Gasteiger partial charge in [-0.1, -0.05) is 0 Å². The molecule has 230 valence electrons. The van der Waals surface area contributed by atoms with Crippen molar-refractivity contribution < 1.29 is 68.8 Å². The van der Waals surface area contributed by atoms with E-state index in [0.717, 1.165) is 6.92 Å². The van der Waals surface area contributed by atoms with Crippen molar-refractivity contribution >= 4 is 23.8 Å². The molecule has 2 heterocycles. The standard InChI is InChI=1S/C21H29FN4O15/c1-7(28)23-13-9(29)2-21(19(37)38,41-16(13)15(33)11(31)5-27)40-6-12(32)24-14(18(35)36)10(30)4-26-3-8(22)17(34)25-20(26)39/h3,9-11,13-16,27,29-31,33H,2,4-6H2,1H3,(H,23,28)(H,24,32)(H,35,36)(H,37,38)(H,25,34,39)/t9-,10?,11+,13+,14?,15+,16+,21+/m0/s1. The van der Waals surface area contributed by atoms with Gasteiger partial charge in [-0.15, -0.1) is 0 Å². The van der Waals surface area contributed by atoms with Crippen molar-refractivity contribution in [2.24, 2.45) is 0 Å². The first-order valence-corrected chi connectivity index (χ1v) is 11.7. The number of carbonyl (C=O) groups is 4. The quantitative estimate of drug-likeness (QED) is 0.101. The van der Waals surface area contributed by atoms with Crippen LogP contribution in [0.5, 0.6) is 0 Å². The number of aliphatic hydroxyl groups excluding tert-OH is 5. The number of carboxylic acids is 2. The molecule has 0 aromatic carbocycles. The summed E-state index contributed by atoms with van der Waals surface area (Å²) in [5, 5.41) is 73.4. The average Bonchev–Trinajstić information content (AvgIpc) is 2.88. The van der Waals surface area contributed by atoms with Gasteiger partial charge in [-0.2, -0.15) is 4.39 Å². The third kappa shape index (κ3) is 8.13. The van der Waals surface area contributed by atoms with Crippen LogP contribution >= 0.6 is 0 Å². The summed E-state index contributed by atoms with van der Waals surface area (Å²) in [5.41, 5.74) is -2.57. The molecular weight excluding hydrogens is 567 g/mol. The van der Waals surface area contributed by atoms with E-state index in [1.54, 1.807) is 10.3 Å². The molecule has 1 aliphatic heterocycles. The molecule has 1 aliphatic rings. The molecule has 0 aliphatic carbocycles. The number of aromatic amines is 1. The summed E-state index contributed by atoms with van der Waals surface area (Å²) >= 11 is 0. The topological polar surface area (TPSA) is 307 Å². The maximum Gasteiger partial charge on any atom is 0.364 e. The molecule has 0 bridgehead atoms. The number of nitrogens with one attached hydrogen (secondary N) is 3. The number of hydrogen-bond acceptors (Lipinski definition) is 13. The van der Waals surface area contributed by atoms with Crippen LogP contribution in [0.3, 0.4) is 0 Å². The van der Waals surface area contributed by atoms with Crippen LogP contribution in [0.25, 0.3) is 0 Å². The maximum absolute atomic E-state index is 13.5. The first kappa shape index (κ1) is 33.4. The van der Waals surface area contributed by atoms with E-state index in [1.165, 1.54) is 0 Å². The van der Waals surface area contributed by atoms with E-state index in [-0.39, 0.29) is 0 Å². The van der Waals surface area contributed by atoms with Gasteiger partial charge in [0.1, 0.15) is 31.0 Å². The van der Waals surface area contributed by atoms with E-state index < -0.39 is 115 Å². The molecule has 2 amide bonds. The maximum atomic E-state index is 13.5. The molecule has 1 aromatic rings. The number of hydrogen-bond donors (Lipinski definition) is 10. The Morgan fingerprint density at radius 3 is 2.39 bits per heavy atom. The molecule has 0 saturated carbocycles. The van der Waals surface area contributed by atoms with E-state index in [2.05, 4.69) is 5.32 Å². The Hall–Kier alpha value is -3.79. The highest BCUT2D eigenvalue weighted by molar-refractivity contribution is 5.85. The van der Waals surface area contributed by atoms with Gasteiger partial charge in [0.2, 0.25) is 17.6 Å². The average molecular weight is 596 g/mol. The number of carbonyl (C=O) groups excluding carboxylic acids is 2. The Bertz CT molecular complexity index is 1250. The van der Waals surface area contributed by atoms with Crippen molar-refractivity contribution in [1.29, 1.82) is 0 Å². The lowest BCUT2D eigenvalue weighted by Crippen LogP contribution is -2.68. The van der Waals surface area contributed by atoms with Gasteiger partial charge in [0.15, 0.2) is 6.04 Å². The number of nitrogens with zero attached hydrogens (tertiary/aromatic N) is 1. The highest BCUT2D eigenvalue weighted by atomic mass is 19.1. The minimum absolute atomic E-state index is 0.392. The lowest BCUT2D eigenvalue weighted by atomic mass is 9.88. The molecule has 1 aromatic heterocycles. The molecule has 8 atom stereocenters. The lowest BCUT2D eigenvalue weighted by Gasteiger charge is -2.46. The molecule has 19 nitrogen and oxygen atoms in total. The van der Waals surface area contributed by atoms with Gasteiger partial charge < -0.3 is 55.9 Å². The number of H-pyrrole nitrogens is 1. The fourth-order valence-electron chi connectivity index (χ4n) is 3.92. The molecule has 10 N–H and O–H groups in total. The molecule has 0 radical (unpaired) electrons. The van der Waals surface area contributed by atoms with E-state index in [4.69, 9.17) is 14.6 Å². The molecule has 1 fully saturated rings. The van der Waals surface area contributed by atoms with Gasteiger partial charge in [-0.05, 0) is 0 Å². The number of aliphatic carboxylic acids is 2. The molecule has 20 heteroatoms. The van der Waals surface area contributed by atoms with Gasteiger partial charge in [0.05, 0.1) is 31.5 Å². The van der Waals surface area contributed by atoms with Crippen LogP contribution in [-0.2, 0) is 35.2 Å². The normalized spacial score (nSPS) is 25.4. The highest BCUT2D eigenvalue weighted by Gasteiger charge is 2.56. The second-order valence-electron chi connectivity index (χ2n) is 9.01. The van der Waals surface area contributed by atoms with Gasteiger partial charge >= 0.3 is 17.6 Å². The second-order valence-corrected chi connectivity index (χ2v) is 9.01. The fraction of sp³-hybridized carbons (Fsp3) is 0.619. The summed E-state index contributed by atoms with van der Waals surface area (Å²) in [6.45, 7) is -2.23. The van der Waals surface area contributed by atoms with Gasteiger partial charge in [0, 0.05) is 13.3 Å². The van der Waals surface area contributed by atoms with Gasteiger partial charge in [-0.25, -0.2) is 14.4 Å². The number of rotatable bonds is 13. The zero-order chi connectivity index (χ0) is 31.2. The summed E-state index contributed by atoms with van der Waals surface area (Å²) < 4.78 is 24.3. The summed E-state index contributed by atoms with van der Waals surface area (Å²) in [5.74, 6) is -10.3. The van der Waals surface area contributed by atoms with Crippen molar-refractivity contribution in [2.75, 3.05) is 13.2 Å². The Kier molecular flexibility index (Phi) is 11.2. The summed E-state index contributed by atoms with van der Waals surface area (Å²) in [6.07, 6.45) is -10.4. The third-order valence-corrected chi connectivity index (χ3v) is 5.94. The van der Waals surface area contributed by atoms with Crippen molar-refractivity contribution in [3.63, 3.8) is 0 Å². The predicted octanol–water partition coefficient (Wildman–Crippen LogP) is -6.23. The molecule has 2 rings (SSSR count). The van der Waals surface area contributed by atoms with E-state index in [1.807, 2.05) is 0 Å². The minimum Gasteiger partial charge on any atom is -0.480 e. The van der Waals surface area contributed by atoms with Gasteiger partial charge in [0.25, 0.3) is 11.3 Å². The summed E-state index contributed by atoms with van der Waals surface area (Å²) in [7, 11) is 0. The first-order chi connectivity index (χ1) is 19.0. The zero-order valence-corrected chi connectivity index (χ0v) is 21.2. The number of amides is 2. The monoisotopic (exact) mass is 596 g/mol. The first-order valence-electron chi connectivity index (χ1n) is 11.7. The largest absolute Gasteiger partial charge is 0.480 e. The van der Waals surface area contributed by atoms with Crippen LogP contribution in [0.4, 0.5) is 4.39 Å². The van der Waals surface area contributed by atoms with Crippen molar-refractivity contribution in [3.05, 3.63) is 32.9 Å². The van der Waals surface area contributed by atoms with Crippen molar-refractivity contribution in [2.45, 2.75) is 68.3 Å². The number of aromatic nitrogens is 2. The van der Waals surface area contributed by atoms with E-state index in [0.29, 0.717) is 10.8 Å². The van der Waals surface area contributed by atoms with Crippen LogP contribution in [0.2, 0.25) is 0 Å². The van der Waals surface area contributed by atoms with Crippen LogP contribution in [0.1, 0.15) is 13.3 Å². The minimum atomic E-state index is -2.91. The van der Waals surface area contributed by atoms with Crippen LogP contribution in [-0.4, -0.2) is 131 Å². The molecule has 1 saturated heterocycles. The Labute approximate surface area is 227 Å². The lowest BCUT2D eigenvalue weighted by molar-refractivity contribution is -0.309. The SMILES string of the molecule is CC(=O)N[C@H]1[C@H]([C@H](O)[C@H](O)CO)O[C@@](OCC(=O)NC(C(=O)O)C(O)Cn2cc(F)c(=O)[nH]c2=O)(C(=O)O)C[C@@H]1O. The number of carboxylic acid groups (broad SMARTS) is 2. The number of halogens is 1. The van der Waals surface area contributed by atoms with E-state index in [9.17, 15) is 63.8 Å². The van der Waals surface area contributed by atoms with Crippen LogP contribution in [0, 0.1) is 5.82 Å². The highest BCUT2D eigenvalue weighted by Crippen LogP contribution is 2.33. The molecule has 41 heavy (non-hydrogen) atoms. The Balaban J connectivity index is 2.22. The third-order valence-electron chi connectivity index (χ3n) is 5.94. The zero-order valence-electron chi connectivity index (χ0n) is 21.2. The van der Waals surface area contributed by atoms with E-state index >= 15 is 0 Å². The van der Waals surface area contributed by atoms with Crippen LogP contribution < -0.4 is 21.9 Å². The Morgan fingerprint density at radius 1 is 1.22 bits per heavy atom. The van der Waals surface area contributed by atoms with Gasteiger partial charge in [-0.3, -0.25) is 23.9 Å².